The zero-order valence-corrected chi connectivity index (χ0v) is 14.5. The Morgan fingerprint density at radius 1 is 0.885 bits per heavy atom. The first-order valence-electron chi connectivity index (χ1n) is 7.74. The highest BCUT2D eigenvalue weighted by Gasteiger charge is 2.11. The summed E-state index contributed by atoms with van der Waals surface area (Å²) in [6, 6.07) is 21.6. The second-order valence-electron chi connectivity index (χ2n) is 5.46. The van der Waals surface area contributed by atoms with E-state index >= 15 is 0 Å². The molecule has 0 aliphatic rings. The Hall–Kier alpha value is -3.45. The third kappa shape index (κ3) is 4.14. The van der Waals surface area contributed by atoms with Crippen molar-refractivity contribution in [3.63, 3.8) is 0 Å². The second kappa shape index (κ2) is 7.62. The molecule has 4 aromatic rings. The summed E-state index contributed by atoms with van der Waals surface area (Å²) in [6.45, 7) is 0. The predicted molar refractivity (Wildman–Crippen MR) is 107 cm³/mol. The van der Waals surface area contributed by atoms with Gasteiger partial charge in [0.15, 0.2) is 0 Å². The number of nitrogen functional groups attached to an aromatic ring is 2. The number of nitro groups is 1. The molecule has 1 aromatic heterocycles. The van der Waals surface area contributed by atoms with Crippen molar-refractivity contribution >= 4 is 38.6 Å². The number of benzene rings is 3. The van der Waals surface area contributed by atoms with E-state index in [-0.39, 0.29) is 5.69 Å². The lowest BCUT2D eigenvalue weighted by atomic mass is 10.2. The van der Waals surface area contributed by atoms with E-state index in [9.17, 15) is 10.1 Å². The molecule has 0 spiro atoms. The summed E-state index contributed by atoms with van der Waals surface area (Å²) in [6.07, 6.45) is 0. The summed E-state index contributed by atoms with van der Waals surface area (Å²) < 4.78 is 0.807. The van der Waals surface area contributed by atoms with Crippen LogP contribution in [0, 0.1) is 10.1 Å². The number of rotatable bonds is 2. The summed E-state index contributed by atoms with van der Waals surface area (Å²) >= 11 is 1.43. The molecule has 7 heteroatoms. The van der Waals surface area contributed by atoms with E-state index < -0.39 is 4.92 Å². The average Bonchev–Trinajstić information content (AvgIpc) is 3.06. The van der Waals surface area contributed by atoms with Crippen molar-refractivity contribution in [2.45, 2.75) is 0 Å². The van der Waals surface area contributed by atoms with Crippen LogP contribution in [0.3, 0.4) is 0 Å². The van der Waals surface area contributed by atoms with E-state index in [4.69, 9.17) is 11.5 Å². The number of fused-ring (bicyclic) bond motifs is 1. The molecule has 0 atom stereocenters. The van der Waals surface area contributed by atoms with Gasteiger partial charge in [-0.05, 0) is 42.5 Å². The first kappa shape index (κ1) is 17.4. The Labute approximate surface area is 153 Å². The number of para-hydroxylation sites is 1. The Morgan fingerprint density at radius 2 is 1.54 bits per heavy atom. The highest BCUT2D eigenvalue weighted by molar-refractivity contribution is 7.21. The first-order valence-corrected chi connectivity index (χ1v) is 8.56. The van der Waals surface area contributed by atoms with Gasteiger partial charge in [-0.25, -0.2) is 4.98 Å². The van der Waals surface area contributed by atoms with E-state index in [1.54, 1.807) is 12.1 Å². The quantitative estimate of drug-likeness (QED) is 0.304. The molecule has 0 aliphatic heterocycles. The fourth-order valence-electron chi connectivity index (χ4n) is 2.23. The van der Waals surface area contributed by atoms with Crippen molar-refractivity contribution in [3.05, 3.63) is 82.9 Å². The summed E-state index contributed by atoms with van der Waals surface area (Å²) in [4.78, 5) is 14.8. The number of hydrogen-bond donors (Lipinski definition) is 2. The van der Waals surface area contributed by atoms with Crippen molar-refractivity contribution in [1.82, 2.24) is 4.98 Å². The Balaban J connectivity index is 0.000000236. The average molecular weight is 364 g/mol. The standard InChI is InChI=1S/C13H9N3O2S.C6H7N/c14-9-3-1-8(2-4-9)13-15-11-6-5-10(16(17)18)7-12(11)19-13;7-6-4-2-1-3-5-6/h1-7H,14H2;1-5H,7H2. The predicted octanol–water partition coefficient (Wildman–Crippen LogP) is 4.72. The van der Waals surface area contributed by atoms with Crippen LogP contribution in [0.15, 0.2) is 72.8 Å². The van der Waals surface area contributed by atoms with Crippen LogP contribution < -0.4 is 11.5 Å². The molecule has 6 nitrogen and oxygen atoms in total. The lowest BCUT2D eigenvalue weighted by molar-refractivity contribution is -0.384. The van der Waals surface area contributed by atoms with Crippen LogP contribution in [-0.2, 0) is 0 Å². The molecule has 0 bridgehead atoms. The van der Waals surface area contributed by atoms with Crippen LogP contribution in [0.1, 0.15) is 0 Å². The minimum Gasteiger partial charge on any atom is -0.399 e. The number of nitrogens with two attached hydrogens (primary N) is 2. The van der Waals surface area contributed by atoms with Gasteiger partial charge < -0.3 is 11.5 Å². The third-order valence-corrected chi connectivity index (χ3v) is 4.61. The van der Waals surface area contributed by atoms with E-state index in [1.165, 1.54) is 17.4 Å². The van der Waals surface area contributed by atoms with Crippen molar-refractivity contribution in [2.24, 2.45) is 0 Å². The molecule has 0 amide bonds. The lowest BCUT2D eigenvalue weighted by Crippen LogP contribution is -1.85. The van der Waals surface area contributed by atoms with E-state index in [0.29, 0.717) is 5.69 Å². The van der Waals surface area contributed by atoms with Crippen molar-refractivity contribution < 1.29 is 4.92 Å². The van der Waals surface area contributed by atoms with Gasteiger partial charge in [0.25, 0.3) is 5.69 Å². The van der Waals surface area contributed by atoms with Crippen molar-refractivity contribution in [1.29, 1.82) is 0 Å². The van der Waals surface area contributed by atoms with Crippen molar-refractivity contribution in [3.8, 4) is 10.6 Å². The molecule has 0 radical (unpaired) electrons. The topological polar surface area (TPSA) is 108 Å². The molecule has 3 aromatic carbocycles. The van der Waals surface area contributed by atoms with Crippen LogP contribution in [0.5, 0.6) is 0 Å². The fraction of sp³-hybridized carbons (Fsp3) is 0. The van der Waals surface area contributed by atoms with E-state index in [0.717, 1.165) is 26.5 Å². The molecule has 1 heterocycles. The van der Waals surface area contributed by atoms with Gasteiger partial charge in [-0.3, -0.25) is 10.1 Å². The van der Waals surface area contributed by atoms with Gasteiger partial charge >= 0.3 is 0 Å². The smallest absolute Gasteiger partial charge is 0.270 e. The lowest BCUT2D eigenvalue weighted by Gasteiger charge is -1.95. The van der Waals surface area contributed by atoms with Crippen LogP contribution in [0.25, 0.3) is 20.8 Å². The first-order chi connectivity index (χ1) is 12.5. The largest absolute Gasteiger partial charge is 0.399 e. The second-order valence-corrected chi connectivity index (χ2v) is 6.49. The highest BCUT2D eigenvalue weighted by atomic mass is 32.1. The van der Waals surface area contributed by atoms with Crippen LogP contribution in [0.2, 0.25) is 0 Å². The van der Waals surface area contributed by atoms with Gasteiger partial charge in [0.2, 0.25) is 0 Å². The SMILES string of the molecule is Nc1ccc(-c2nc3ccc([N+](=O)[O-])cc3s2)cc1.Nc1ccccc1. The number of nitro benzene ring substituents is 1. The summed E-state index contributed by atoms with van der Waals surface area (Å²) in [5.41, 5.74) is 14.3. The molecule has 130 valence electrons. The Morgan fingerprint density at radius 3 is 2.12 bits per heavy atom. The maximum Gasteiger partial charge on any atom is 0.270 e. The Bertz CT molecular complexity index is 1030. The molecule has 0 fully saturated rings. The van der Waals surface area contributed by atoms with E-state index in [1.807, 2.05) is 54.6 Å². The van der Waals surface area contributed by atoms with Gasteiger partial charge in [0, 0.05) is 29.1 Å². The monoisotopic (exact) mass is 364 g/mol. The zero-order valence-electron chi connectivity index (χ0n) is 13.7. The molecule has 0 unspecified atom stereocenters. The van der Waals surface area contributed by atoms with Gasteiger partial charge in [-0.2, -0.15) is 0 Å². The number of non-ortho nitro benzene ring substituents is 1. The maximum absolute atomic E-state index is 10.7. The summed E-state index contributed by atoms with van der Waals surface area (Å²) in [7, 11) is 0. The Kier molecular flexibility index (Phi) is 5.09. The zero-order chi connectivity index (χ0) is 18.5. The summed E-state index contributed by atoms with van der Waals surface area (Å²) in [5.74, 6) is 0. The van der Waals surface area contributed by atoms with Crippen LogP contribution in [0.4, 0.5) is 17.1 Å². The van der Waals surface area contributed by atoms with Gasteiger partial charge in [0.1, 0.15) is 5.01 Å². The van der Waals surface area contributed by atoms with Gasteiger partial charge in [-0.1, -0.05) is 18.2 Å². The number of thiazole rings is 1. The molecular weight excluding hydrogens is 348 g/mol. The van der Waals surface area contributed by atoms with Crippen LogP contribution in [-0.4, -0.2) is 9.91 Å². The molecule has 26 heavy (non-hydrogen) atoms. The molecule has 0 aliphatic carbocycles. The normalized spacial score (nSPS) is 10.2. The molecule has 4 rings (SSSR count). The van der Waals surface area contributed by atoms with Gasteiger partial charge in [0.05, 0.1) is 15.1 Å². The summed E-state index contributed by atoms with van der Waals surface area (Å²) in [5, 5.41) is 11.6. The molecule has 4 N–H and O–H groups in total. The highest BCUT2D eigenvalue weighted by Crippen LogP contribution is 2.32. The van der Waals surface area contributed by atoms with Gasteiger partial charge in [-0.15, -0.1) is 11.3 Å². The fourth-order valence-corrected chi connectivity index (χ4v) is 3.23. The van der Waals surface area contributed by atoms with Crippen LogP contribution >= 0.6 is 11.3 Å². The molecular formula is C19H16N4O2S. The number of anilines is 2. The number of hydrogen-bond acceptors (Lipinski definition) is 6. The van der Waals surface area contributed by atoms with E-state index in [2.05, 4.69) is 4.98 Å². The minimum absolute atomic E-state index is 0.0833. The van der Waals surface area contributed by atoms with Crippen molar-refractivity contribution in [2.75, 3.05) is 11.5 Å². The third-order valence-electron chi connectivity index (χ3n) is 3.54. The number of aromatic nitrogens is 1. The molecule has 0 saturated heterocycles. The molecule has 0 saturated carbocycles. The minimum atomic E-state index is -0.401. The number of nitrogens with zero attached hydrogens (tertiary/aromatic N) is 2. The maximum atomic E-state index is 10.7.